The van der Waals surface area contributed by atoms with E-state index in [-0.39, 0.29) is 11.6 Å². The van der Waals surface area contributed by atoms with E-state index in [1.54, 1.807) is 30.4 Å². The number of aromatic nitrogens is 3. The highest BCUT2D eigenvalue weighted by molar-refractivity contribution is 5.80. The van der Waals surface area contributed by atoms with Crippen LogP contribution in [0.3, 0.4) is 0 Å². The molecule has 0 saturated heterocycles. The molecule has 1 heterocycles. The average molecular weight is 452 g/mol. The summed E-state index contributed by atoms with van der Waals surface area (Å²) >= 11 is 0. The fraction of sp³-hybridized carbons (Fsp3) is 0. The molecule has 10 nitrogen and oxygen atoms in total. The molecule has 0 unspecified atom stereocenters. The van der Waals surface area contributed by atoms with Crippen LogP contribution in [0.2, 0.25) is 0 Å². The van der Waals surface area contributed by atoms with Gasteiger partial charge in [-0.15, -0.1) is 0 Å². The molecule has 0 aliphatic rings. The first-order valence-corrected chi connectivity index (χ1v) is 10.3. The second kappa shape index (κ2) is 11.0. The Bertz CT molecular complexity index is 1250. The molecule has 168 valence electrons. The molecule has 0 bridgehead atoms. The first-order valence-electron chi connectivity index (χ1n) is 10.3. The van der Waals surface area contributed by atoms with Crippen molar-refractivity contribution in [2.75, 3.05) is 16.1 Å². The molecule has 4 rings (SSSR count). The highest BCUT2D eigenvalue weighted by Gasteiger charge is 2.09. The molecule has 3 aromatic carbocycles. The minimum absolute atomic E-state index is 0.0193. The summed E-state index contributed by atoms with van der Waals surface area (Å²) in [6.07, 6.45) is 4.64. The molecule has 0 saturated carbocycles. The molecule has 0 fully saturated rings. The molecular formula is C24H20N8O2. The van der Waals surface area contributed by atoms with Crippen LogP contribution in [0.4, 0.5) is 34.9 Å². The number of anilines is 5. The zero-order valence-corrected chi connectivity index (χ0v) is 17.9. The SMILES string of the molecule is O=[N+]([O-])c1ccccc1/C=C/C=N\Nc1nc(Nc2ccccc2)nc(Nc2ccccc2)n1. The van der Waals surface area contributed by atoms with E-state index in [0.717, 1.165) is 11.4 Å². The number of hydrogen-bond donors (Lipinski definition) is 3. The largest absolute Gasteiger partial charge is 0.324 e. The van der Waals surface area contributed by atoms with Crippen LogP contribution in [0.5, 0.6) is 0 Å². The van der Waals surface area contributed by atoms with E-state index in [9.17, 15) is 10.1 Å². The second-order valence-electron chi connectivity index (χ2n) is 6.85. The minimum Gasteiger partial charge on any atom is -0.324 e. The summed E-state index contributed by atoms with van der Waals surface area (Å²) < 4.78 is 0. The number of hydrogen-bond acceptors (Lipinski definition) is 9. The van der Waals surface area contributed by atoms with Gasteiger partial charge in [-0.2, -0.15) is 20.1 Å². The second-order valence-corrected chi connectivity index (χ2v) is 6.85. The van der Waals surface area contributed by atoms with Gasteiger partial charge in [0, 0.05) is 23.7 Å². The zero-order valence-electron chi connectivity index (χ0n) is 17.9. The first-order chi connectivity index (χ1) is 16.7. The molecule has 0 atom stereocenters. The highest BCUT2D eigenvalue weighted by Crippen LogP contribution is 2.19. The molecule has 1 aromatic heterocycles. The Hall–Kier alpha value is -5.12. The molecule has 3 N–H and O–H groups in total. The summed E-state index contributed by atoms with van der Waals surface area (Å²) in [6, 6.07) is 25.5. The summed E-state index contributed by atoms with van der Waals surface area (Å²) in [6.45, 7) is 0. The lowest BCUT2D eigenvalue weighted by molar-refractivity contribution is -0.385. The van der Waals surface area contributed by atoms with E-state index in [1.165, 1.54) is 12.3 Å². The van der Waals surface area contributed by atoms with Crippen molar-refractivity contribution in [1.82, 2.24) is 15.0 Å². The number of para-hydroxylation sites is 3. The molecule has 0 aliphatic heterocycles. The van der Waals surface area contributed by atoms with Gasteiger partial charge in [0.2, 0.25) is 17.8 Å². The monoisotopic (exact) mass is 452 g/mol. The van der Waals surface area contributed by atoms with Crippen LogP contribution >= 0.6 is 0 Å². The number of rotatable bonds is 9. The Kier molecular flexibility index (Phi) is 7.12. The lowest BCUT2D eigenvalue weighted by atomic mass is 10.2. The fourth-order valence-corrected chi connectivity index (χ4v) is 2.92. The van der Waals surface area contributed by atoms with Crippen LogP contribution < -0.4 is 16.1 Å². The Morgan fingerprint density at radius 3 is 1.85 bits per heavy atom. The highest BCUT2D eigenvalue weighted by atomic mass is 16.6. The molecule has 10 heteroatoms. The Morgan fingerprint density at radius 2 is 1.26 bits per heavy atom. The third-order valence-corrected chi connectivity index (χ3v) is 4.43. The van der Waals surface area contributed by atoms with E-state index < -0.39 is 4.92 Å². The molecule has 0 radical (unpaired) electrons. The summed E-state index contributed by atoms with van der Waals surface area (Å²) in [7, 11) is 0. The van der Waals surface area contributed by atoms with Crippen LogP contribution in [-0.4, -0.2) is 26.1 Å². The molecule has 0 spiro atoms. The van der Waals surface area contributed by atoms with Crippen LogP contribution in [-0.2, 0) is 0 Å². The van der Waals surface area contributed by atoms with E-state index >= 15 is 0 Å². The van der Waals surface area contributed by atoms with Gasteiger partial charge in [-0.05, 0) is 42.5 Å². The number of nitrogens with zero attached hydrogens (tertiary/aromatic N) is 5. The van der Waals surface area contributed by atoms with Gasteiger partial charge in [0.05, 0.1) is 10.5 Å². The summed E-state index contributed by atoms with van der Waals surface area (Å²) in [5.41, 5.74) is 4.90. The van der Waals surface area contributed by atoms with Crippen molar-refractivity contribution in [3.8, 4) is 0 Å². The van der Waals surface area contributed by atoms with Gasteiger partial charge in [-0.3, -0.25) is 10.1 Å². The topological polar surface area (TPSA) is 130 Å². The van der Waals surface area contributed by atoms with Crippen molar-refractivity contribution in [2.24, 2.45) is 5.10 Å². The van der Waals surface area contributed by atoms with Gasteiger partial charge < -0.3 is 10.6 Å². The molecular weight excluding hydrogens is 432 g/mol. The molecule has 34 heavy (non-hydrogen) atoms. The van der Waals surface area contributed by atoms with Gasteiger partial charge in [0.1, 0.15) is 0 Å². The predicted molar refractivity (Wildman–Crippen MR) is 134 cm³/mol. The van der Waals surface area contributed by atoms with Crippen molar-refractivity contribution in [3.05, 3.63) is 107 Å². The van der Waals surface area contributed by atoms with Crippen LogP contribution in [0.25, 0.3) is 6.08 Å². The lowest BCUT2D eigenvalue weighted by Crippen LogP contribution is -2.07. The molecule has 0 amide bonds. The third kappa shape index (κ3) is 6.20. The van der Waals surface area contributed by atoms with Gasteiger partial charge in [-0.25, -0.2) is 5.43 Å². The Balaban J connectivity index is 1.51. The number of nitrogens with one attached hydrogen (secondary N) is 3. The van der Waals surface area contributed by atoms with Crippen molar-refractivity contribution in [1.29, 1.82) is 0 Å². The lowest BCUT2D eigenvalue weighted by Gasteiger charge is -2.10. The number of benzene rings is 3. The number of hydrazone groups is 1. The standard InChI is InChI=1S/C24H20N8O2/c33-32(34)21-16-8-7-10-18(21)11-9-17-25-31-24-29-22(26-19-12-3-1-4-13-19)28-23(30-24)27-20-14-5-2-6-15-20/h1-17H,(H3,26,27,28,29,30,31)/b11-9+,25-17-. The van der Waals surface area contributed by atoms with E-state index in [4.69, 9.17) is 0 Å². The third-order valence-electron chi connectivity index (χ3n) is 4.43. The van der Waals surface area contributed by atoms with Crippen LogP contribution in [0.15, 0.2) is 96.1 Å². The van der Waals surface area contributed by atoms with E-state index in [1.807, 2.05) is 60.7 Å². The van der Waals surface area contributed by atoms with Gasteiger partial charge in [0.15, 0.2) is 0 Å². The maximum Gasteiger partial charge on any atom is 0.276 e. The number of nitro benzene ring substituents is 1. The summed E-state index contributed by atoms with van der Waals surface area (Å²) in [4.78, 5) is 23.8. The fourth-order valence-electron chi connectivity index (χ4n) is 2.92. The Labute approximate surface area is 195 Å². The maximum atomic E-state index is 11.1. The van der Waals surface area contributed by atoms with E-state index in [2.05, 4.69) is 36.1 Å². The van der Waals surface area contributed by atoms with E-state index in [0.29, 0.717) is 17.5 Å². The summed E-state index contributed by atoms with van der Waals surface area (Å²) in [5.74, 6) is 0.864. The van der Waals surface area contributed by atoms with Crippen molar-refractivity contribution >= 4 is 47.2 Å². The Morgan fingerprint density at radius 1 is 0.735 bits per heavy atom. The quantitative estimate of drug-likeness (QED) is 0.175. The van der Waals surface area contributed by atoms with Crippen LogP contribution in [0, 0.1) is 10.1 Å². The predicted octanol–water partition coefficient (Wildman–Crippen LogP) is 5.38. The summed E-state index contributed by atoms with van der Waals surface area (Å²) in [5, 5.41) is 21.5. The number of nitro groups is 1. The average Bonchev–Trinajstić information content (AvgIpc) is 2.85. The molecule has 0 aliphatic carbocycles. The minimum atomic E-state index is -0.428. The van der Waals surface area contributed by atoms with Gasteiger partial charge in [-0.1, -0.05) is 48.5 Å². The van der Waals surface area contributed by atoms with Crippen LogP contribution in [0.1, 0.15) is 5.56 Å². The number of allylic oxidation sites excluding steroid dienone is 1. The van der Waals surface area contributed by atoms with Gasteiger partial charge in [0.25, 0.3) is 5.69 Å². The van der Waals surface area contributed by atoms with Gasteiger partial charge >= 0.3 is 0 Å². The smallest absolute Gasteiger partial charge is 0.276 e. The molecule has 4 aromatic rings. The first kappa shape index (κ1) is 22.1. The maximum absolute atomic E-state index is 11.1. The van der Waals surface area contributed by atoms with Crippen molar-refractivity contribution in [3.63, 3.8) is 0 Å². The zero-order chi connectivity index (χ0) is 23.6. The normalized spacial score (nSPS) is 10.9. The van der Waals surface area contributed by atoms with Crippen molar-refractivity contribution < 1.29 is 4.92 Å². The van der Waals surface area contributed by atoms with Crippen molar-refractivity contribution in [2.45, 2.75) is 0 Å².